The van der Waals surface area contributed by atoms with E-state index in [4.69, 9.17) is 0 Å². The number of nitrogens with zero attached hydrogens (tertiary/aromatic N) is 1. The highest BCUT2D eigenvalue weighted by Crippen LogP contribution is 2.18. The average Bonchev–Trinajstić information content (AvgIpc) is 2.49. The Morgan fingerprint density at radius 2 is 2.54 bits per heavy atom. The average molecular weight is 264 g/mol. The molecule has 0 aliphatic carbocycles. The molecule has 13 heavy (non-hydrogen) atoms. The Labute approximate surface area is 89.3 Å². The Morgan fingerprint density at radius 1 is 1.85 bits per heavy atom. The molecule has 0 unspecified atom stereocenters. The number of carbonyl (C=O) groups excluding carboxylic acids is 1. The lowest BCUT2D eigenvalue weighted by molar-refractivity contribution is -0.144. The number of ether oxygens (including phenoxy) is 1. The molecule has 3 nitrogen and oxygen atoms in total. The predicted molar refractivity (Wildman–Crippen MR) is 54.7 cm³/mol. The van der Waals surface area contributed by atoms with Crippen molar-refractivity contribution in [3.8, 4) is 0 Å². The number of hydrogen-bond donors (Lipinski definition) is 0. The smallest absolute Gasteiger partial charge is 0.308 e. The van der Waals surface area contributed by atoms with Crippen LogP contribution in [0.15, 0.2) is 9.98 Å². The van der Waals surface area contributed by atoms with E-state index in [1.54, 1.807) is 11.3 Å². The van der Waals surface area contributed by atoms with Crippen molar-refractivity contribution in [1.29, 1.82) is 0 Å². The highest BCUT2D eigenvalue weighted by atomic mass is 79.9. The summed E-state index contributed by atoms with van der Waals surface area (Å²) in [5, 5.41) is 2.85. The lowest BCUT2D eigenvalue weighted by Gasteiger charge is -2.05. The zero-order valence-electron chi connectivity index (χ0n) is 7.41. The van der Waals surface area contributed by atoms with Crippen LogP contribution in [0, 0.1) is 5.92 Å². The van der Waals surface area contributed by atoms with Gasteiger partial charge in [0, 0.05) is 11.8 Å². The number of methoxy groups -OCH3 is 1. The highest BCUT2D eigenvalue weighted by Gasteiger charge is 2.15. The van der Waals surface area contributed by atoms with Gasteiger partial charge in [-0.3, -0.25) is 4.79 Å². The van der Waals surface area contributed by atoms with Crippen molar-refractivity contribution in [1.82, 2.24) is 4.98 Å². The molecule has 0 saturated heterocycles. The summed E-state index contributed by atoms with van der Waals surface area (Å²) in [6.45, 7) is 1.83. The quantitative estimate of drug-likeness (QED) is 0.786. The standard InChI is InChI=1S/C8H10BrNO2S/c1-5(8(11)12-2)3-7-10-6(9)4-13-7/h4-5H,3H2,1-2H3/t5-/m0/s1. The molecule has 0 bridgehead atoms. The van der Waals surface area contributed by atoms with Gasteiger partial charge < -0.3 is 4.74 Å². The third-order valence-electron chi connectivity index (χ3n) is 1.61. The van der Waals surface area contributed by atoms with E-state index in [-0.39, 0.29) is 11.9 Å². The molecule has 0 N–H and O–H groups in total. The van der Waals surface area contributed by atoms with Crippen molar-refractivity contribution in [2.24, 2.45) is 5.92 Å². The molecular formula is C8H10BrNO2S. The summed E-state index contributed by atoms with van der Waals surface area (Å²) in [6.07, 6.45) is 0.642. The number of rotatable bonds is 3. The minimum atomic E-state index is -0.189. The van der Waals surface area contributed by atoms with Crippen LogP contribution in [0.5, 0.6) is 0 Å². The Bertz CT molecular complexity index is 300. The van der Waals surface area contributed by atoms with Crippen LogP contribution in [0.4, 0.5) is 0 Å². The topological polar surface area (TPSA) is 39.2 Å². The van der Waals surface area contributed by atoms with Gasteiger partial charge in [0.15, 0.2) is 0 Å². The van der Waals surface area contributed by atoms with E-state index in [1.165, 1.54) is 7.11 Å². The second kappa shape index (κ2) is 4.72. The van der Waals surface area contributed by atoms with Gasteiger partial charge in [-0.2, -0.15) is 0 Å². The van der Waals surface area contributed by atoms with Crippen LogP contribution >= 0.6 is 27.3 Å². The van der Waals surface area contributed by atoms with Gasteiger partial charge in [-0.15, -0.1) is 11.3 Å². The molecule has 0 spiro atoms. The summed E-state index contributed by atoms with van der Waals surface area (Å²) < 4.78 is 5.44. The van der Waals surface area contributed by atoms with Crippen LogP contribution in [0.3, 0.4) is 0 Å². The van der Waals surface area contributed by atoms with Gasteiger partial charge in [0.2, 0.25) is 0 Å². The number of hydrogen-bond acceptors (Lipinski definition) is 4. The van der Waals surface area contributed by atoms with Gasteiger partial charge in [0.05, 0.1) is 18.0 Å². The van der Waals surface area contributed by atoms with Gasteiger partial charge in [-0.25, -0.2) is 4.98 Å². The maximum Gasteiger partial charge on any atom is 0.308 e. The summed E-state index contributed by atoms with van der Waals surface area (Å²) in [5.41, 5.74) is 0. The molecule has 1 heterocycles. The van der Waals surface area contributed by atoms with Crippen molar-refractivity contribution >= 4 is 33.2 Å². The number of thiazole rings is 1. The summed E-state index contributed by atoms with van der Waals surface area (Å²) in [5.74, 6) is -0.311. The van der Waals surface area contributed by atoms with E-state index >= 15 is 0 Å². The van der Waals surface area contributed by atoms with Crippen LogP contribution in [0.25, 0.3) is 0 Å². The third-order valence-corrected chi connectivity index (χ3v) is 3.19. The van der Waals surface area contributed by atoms with Crippen LogP contribution in [-0.2, 0) is 16.0 Å². The predicted octanol–water partition coefficient (Wildman–Crippen LogP) is 2.26. The SMILES string of the molecule is COC(=O)[C@@H](C)Cc1nc(Br)cs1. The molecule has 5 heteroatoms. The molecule has 1 aromatic rings. The second-order valence-electron chi connectivity index (χ2n) is 2.69. The first-order valence-electron chi connectivity index (χ1n) is 3.81. The summed E-state index contributed by atoms with van der Waals surface area (Å²) >= 11 is 4.80. The van der Waals surface area contributed by atoms with Crippen LogP contribution in [0.1, 0.15) is 11.9 Å². The summed E-state index contributed by atoms with van der Waals surface area (Å²) in [4.78, 5) is 15.3. The van der Waals surface area contributed by atoms with E-state index in [0.29, 0.717) is 6.42 Å². The first kappa shape index (κ1) is 10.7. The molecule has 1 rings (SSSR count). The summed E-state index contributed by atoms with van der Waals surface area (Å²) in [7, 11) is 1.40. The molecule has 1 aromatic heterocycles. The Kier molecular flexibility index (Phi) is 3.87. The molecule has 72 valence electrons. The van der Waals surface area contributed by atoms with Crippen LogP contribution in [0.2, 0.25) is 0 Å². The normalized spacial score (nSPS) is 12.5. The molecule has 0 amide bonds. The molecular weight excluding hydrogens is 254 g/mol. The fraction of sp³-hybridized carbons (Fsp3) is 0.500. The molecule has 0 radical (unpaired) electrons. The van der Waals surface area contributed by atoms with Crippen molar-refractivity contribution in [2.45, 2.75) is 13.3 Å². The zero-order chi connectivity index (χ0) is 9.84. The Balaban J connectivity index is 2.54. The highest BCUT2D eigenvalue weighted by molar-refractivity contribution is 9.10. The first-order valence-corrected chi connectivity index (χ1v) is 5.48. The van der Waals surface area contributed by atoms with Gasteiger partial charge in [-0.1, -0.05) is 6.92 Å². The van der Waals surface area contributed by atoms with Gasteiger partial charge in [0.1, 0.15) is 4.60 Å². The minimum Gasteiger partial charge on any atom is -0.469 e. The van der Waals surface area contributed by atoms with Crippen LogP contribution in [-0.4, -0.2) is 18.1 Å². The molecule has 0 aromatic carbocycles. The lowest BCUT2D eigenvalue weighted by atomic mass is 10.1. The minimum absolute atomic E-state index is 0.122. The first-order chi connectivity index (χ1) is 6.13. The van der Waals surface area contributed by atoms with Gasteiger partial charge >= 0.3 is 5.97 Å². The summed E-state index contributed by atoms with van der Waals surface area (Å²) in [6, 6.07) is 0. The second-order valence-corrected chi connectivity index (χ2v) is 4.45. The van der Waals surface area contributed by atoms with Crippen molar-refractivity contribution < 1.29 is 9.53 Å². The molecule has 0 aliphatic rings. The van der Waals surface area contributed by atoms with Gasteiger partial charge in [-0.05, 0) is 15.9 Å². The number of esters is 1. The van der Waals surface area contributed by atoms with E-state index < -0.39 is 0 Å². The lowest BCUT2D eigenvalue weighted by Crippen LogP contribution is -2.14. The fourth-order valence-electron chi connectivity index (χ4n) is 0.929. The number of carbonyl (C=O) groups is 1. The number of halogens is 1. The number of aromatic nitrogens is 1. The largest absolute Gasteiger partial charge is 0.469 e. The van der Waals surface area contributed by atoms with Crippen molar-refractivity contribution in [3.63, 3.8) is 0 Å². The molecule has 0 saturated carbocycles. The third kappa shape index (κ3) is 3.08. The maximum absolute atomic E-state index is 11.1. The zero-order valence-corrected chi connectivity index (χ0v) is 9.81. The Hall–Kier alpha value is -0.420. The van der Waals surface area contributed by atoms with E-state index in [1.807, 2.05) is 12.3 Å². The van der Waals surface area contributed by atoms with E-state index in [2.05, 4.69) is 25.7 Å². The molecule has 0 aliphatic heterocycles. The van der Waals surface area contributed by atoms with Crippen LogP contribution < -0.4 is 0 Å². The van der Waals surface area contributed by atoms with E-state index in [0.717, 1.165) is 9.61 Å². The van der Waals surface area contributed by atoms with Gasteiger partial charge in [0.25, 0.3) is 0 Å². The Morgan fingerprint density at radius 3 is 3.00 bits per heavy atom. The van der Waals surface area contributed by atoms with Crippen molar-refractivity contribution in [3.05, 3.63) is 15.0 Å². The van der Waals surface area contributed by atoms with E-state index in [9.17, 15) is 4.79 Å². The fourth-order valence-corrected chi connectivity index (χ4v) is 2.32. The maximum atomic E-state index is 11.1. The monoisotopic (exact) mass is 263 g/mol. The van der Waals surface area contributed by atoms with Crippen molar-refractivity contribution in [2.75, 3.05) is 7.11 Å². The molecule has 1 atom stereocenters. The molecule has 0 fully saturated rings.